The molecule has 0 bridgehead atoms. The van der Waals surface area contributed by atoms with Crippen LogP contribution in [-0.2, 0) is 4.74 Å². The Morgan fingerprint density at radius 1 is 1.03 bits per heavy atom. The lowest BCUT2D eigenvalue weighted by molar-refractivity contribution is 0.0528. The molecule has 0 heterocycles. The summed E-state index contributed by atoms with van der Waals surface area (Å²) in [6.45, 7) is 6.76. The van der Waals surface area contributed by atoms with Crippen LogP contribution in [0.25, 0.3) is 0 Å². The quantitative estimate of drug-likeness (QED) is 0.560. The van der Waals surface area contributed by atoms with E-state index in [0.717, 1.165) is 12.8 Å². The van der Waals surface area contributed by atoms with Gasteiger partial charge in [0.05, 0.1) is 10.0 Å². The molecule has 0 aliphatic heterocycles. The number of benzene rings is 2. The topological polar surface area (TPSA) is 50.4 Å². The lowest BCUT2D eigenvalue weighted by Gasteiger charge is -2.32. The van der Waals surface area contributed by atoms with Crippen LogP contribution in [0.15, 0.2) is 42.5 Å². The summed E-state index contributed by atoms with van der Waals surface area (Å²) in [4.78, 5) is 11.8. The van der Waals surface area contributed by atoms with Crippen LogP contribution in [0.4, 0.5) is 4.79 Å². The van der Waals surface area contributed by atoms with E-state index in [1.807, 2.05) is 32.9 Å². The molecular weight excluding hydrogens is 407 g/mol. The molecule has 2 N–H and O–H groups in total. The zero-order chi connectivity index (χ0) is 21.0. The molecule has 3 rings (SSSR count). The van der Waals surface area contributed by atoms with E-state index in [9.17, 15) is 4.79 Å². The molecule has 0 aromatic heterocycles. The summed E-state index contributed by atoms with van der Waals surface area (Å²) in [6.07, 6.45) is 1.64. The monoisotopic (exact) mass is 434 g/mol. The average Bonchev–Trinajstić information content (AvgIpc) is 2.66. The predicted octanol–water partition coefficient (Wildman–Crippen LogP) is 6.07. The average molecular weight is 435 g/mol. The molecular formula is C23H28Cl2N2O2. The fourth-order valence-corrected chi connectivity index (χ4v) is 4.11. The SMILES string of the molecule is CC(C)(C)OC(=O)NCCN[C@@H]1CC[C@@H](c2ccc(Cl)c(Cl)c2)c2ccccc21. The first kappa shape index (κ1) is 21.9. The second kappa shape index (κ2) is 9.38. The number of fused-ring (bicyclic) bond motifs is 1. The third-order valence-electron chi connectivity index (χ3n) is 5.02. The van der Waals surface area contributed by atoms with Crippen molar-refractivity contribution in [3.05, 3.63) is 69.2 Å². The zero-order valence-electron chi connectivity index (χ0n) is 17.1. The number of ether oxygens (including phenoxy) is 1. The molecule has 29 heavy (non-hydrogen) atoms. The van der Waals surface area contributed by atoms with E-state index in [-0.39, 0.29) is 12.1 Å². The molecule has 1 amide bonds. The third kappa shape index (κ3) is 5.88. The summed E-state index contributed by atoms with van der Waals surface area (Å²) in [5, 5.41) is 7.54. The van der Waals surface area contributed by atoms with Gasteiger partial charge in [0.25, 0.3) is 0 Å². The number of hydrogen-bond acceptors (Lipinski definition) is 3. The number of halogens is 2. The highest BCUT2D eigenvalue weighted by Gasteiger charge is 2.28. The molecule has 0 saturated carbocycles. The number of hydrogen-bond donors (Lipinski definition) is 2. The maximum atomic E-state index is 11.8. The molecule has 1 aliphatic rings. The van der Waals surface area contributed by atoms with Gasteiger partial charge in [0, 0.05) is 25.0 Å². The van der Waals surface area contributed by atoms with Crippen LogP contribution in [0, 0.1) is 0 Å². The molecule has 1 aliphatic carbocycles. The van der Waals surface area contributed by atoms with E-state index >= 15 is 0 Å². The van der Waals surface area contributed by atoms with Gasteiger partial charge >= 0.3 is 6.09 Å². The number of nitrogens with one attached hydrogen (secondary N) is 2. The molecule has 4 nitrogen and oxygen atoms in total. The van der Waals surface area contributed by atoms with Crippen molar-refractivity contribution < 1.29 is 9.53 Å². The predicted molar refractivity (Wildman–Crippen MR) is 119 cm³/mol. The fraction of sp³-hybridized carbons (Fsp3) is 0.435. The van der Waals surface area contributed by atoms with Crippen LogP contribution < -0.4 is 10.6 Å². The number of alkyl carbamates (subject to hydrolysis) is 1. The van der Waals surface area contributed by atoms with Crippen molar-refractivity contribution in [1.82, 2.24) is 10.6 Å². The van der Waals surface area contributed by atoms with E-state index < -0.39 is 5.60 Å². The highest BCUT2D eigenvalue weighted by atomic mass is 35.5. The van der Waals surface area contributed by atoms with Gasteiger partial charge in [-0.3, -0.25) is 0 Å². The molecule has 156 valence electrons. The van der Waals surface area contributed by atoms with E-state index in [0.29, 0.717) is 29.1 Å². The van der Waals surface area contributed by atoms with Crippen molar-refractivity contribution in [2.75, 3.05) is 13.1 Å². The first-order valence-electron chi connectivity index (χ1n) is 9.98. The Hall–Kier alpha value is -1.75. The Balaban J connectivity index is 1.63. The highest BCUT2D eigenvalue weighted by Crippen LogP contribution is 2.42. The van der Waals surface area contributed by atoms with Crippen LogP contribution in [0.3, 0.4) is 0 Å². The molecule has 6 heteroatoms. The largest absolute Gasteiger partial charge is 0.444 e. The zero-order valence-corrected chi connectivity index (χ0v) is 18.6. The third-order valence-corrected chi connectivity index (χ3v) is 5.76. The summed E-state index contributed by atoms with van der Waals surface area (Å²) in [5.41, 5.74) is 3.32. The van der Waals surface area contributed by atoms with Crippen molar-refractivity contribution >= 4 is 29.3 Å². The Morgan fingerprint density at radius 3 is 2.45 bits per heavy atom. The lowest BCUT2D eigenvalue weighted by Crippen LogP contribution is -2.38. The van der Waals surface area contributed by atoms with Gasteiger partial charge in [0.15, 0.2) is 0 Å². The van der Waals surface area contributed by atoms with Crippen LogP contribution in [-0.4, -0.2) is 24.8 Å². The Bertz CT molecular complexity index is 864. The minimum atomic E-state index is -0.487. The van der Waals surface area contributed by atoms with E-state index in [1.165, 1.54) is 16.7 Å². The van der Waals surface area contributed by atoms with Crippen molar-refractivity contribution in [2.45, 2.75) is 51.2 Å². The molecule has 0 radical (unpaired) electrons. The van der Waals surface area contributed by atoms with Gasteiger partial charge in [-0.15, -0.1) is 0 Å². The van der Waals surface area contributed by atoms with E-state index in [2.05, 4.69) is 41.0 Å². The normalized spacial score (nSPS) is 18.8. The molecule has 0 fully saturated rings. The molecule has 0 saturated heterocycles. The summed E-state index contributed by atoms with van der Waals surface area (Å²) >= 11 is 12.3. The lowest BCUT2D eigenvalue weighted by atomic mass is 9.77. The van der Waals surface area contributed by atoms with Gasteiger partial charge in [-0.25, -0.2) is 4.79 Å². The number of rotatable bonds is 5. The van der Waals surface area contributed by atoms with Crippen LogP contribution >= 0.6 is 23.2 Å². The van der Waals surface area contributed by atoms with Crippen molar-refractivity contribution in [2.24, 2.45) is 0 Å². The molecule has 2 aromatic rings. The van der Waals surface area contributed by atoms with E-state index in [4.69, 9.17) is 27.9 Å². The van der Waals surface area contributed by atoms with Gasteiger partial charge in [-0.2, -0.15) is 0 Å². The number of amides is 1. The highest BCUT2D eigenvalue weighted by molar-refractivity contribution is 6.42. The second-order valence-corrected chi connectivity index (χ2v) is 9.18. The summed E-state index contributed by atoms with van der Waals surface area (Å²) < 4.78 is 5.27. The second-order valence-electron chi connectivity index (χ2n) is 8.37. The summed E-state index contributed by atoms with van der Waals surface area (Å²) in [6, 6.07) is 14.7. The standard InChI is InChI=1S/C23H28Cl2N2O2/c1-23(2,3)29-22(28)27-13-12-26-21-11-9-16(17-6-4-5-7-18(17)21)15-8-10-19(24)20(25)14-15/h4-8,10,14,16,21,26H,9,11-13H2,1-3H3,(H,27,28)/t16-,21+/m0/s1. The number of carbonyl (C=O) groups excluding carboxylic acids is 1. The molecule has 2 atom stereocenters. The summed E-state index contributed by atoms with van der Waals surface area (Å²) in [7, 11) is 0. The van der Waals surface area contributed by atoms with E-state index in [1.54, 1.807) is 0 Å². The van der Waals surface area contributed by atoms with Gasteiger partial charge < -0.3 is 15.4 Å². The Labute approximate surface area is 182 Å². The van der Waals surface area contributed by atoms with Gasteiger partial charge in [0.1, 0.15) is 5.60 Å². The summed E-state index contributed by atoms with van der Waals surface area (Å²) in [5.74, 6) is 0.305. The van der Waals surface area contributed by atoms with Crippen LogP contribution in [0.1, 0.15) is 62.3 Å². The van der Waals surface area contributed by atoms with Crippen LogP contribution in [0.5, 0.6) is 0 Å². The van der Waals surface area contributed by atoms with Crippen LogP contribution in [0.2, 0.25) is 10.0 Å². The molecule has 2 aromatic carbocycles. The minimum Gasteiger partial charge on any atom is -0.444 e. The molecule has 0 spiro atoms. The van der Waals surface area contributed by atoms with Crippen molar-refractivity contribution in [3.8, 4) is 0 Å². The van der Waals surface area contributed by atoms with Gasteiger partial charge in [-0.05, 0) is 62.4 Å². The van der Waals surface area contributed by atoms with Crippen molar-refractivity contribution in [3.63, 3.8) is 0 Å². The minimum absolute atomic E-state index is 0.255. The van der Waals surface area contributed by atoms with Gasteiger partial charge in [-0.1, -0.05) is 53.5 Å². The maximum Gasteiger partial charge on any atom is 0.407 e. The Morgan fingerprint density at radius 2 is 1.76 bits per heavy atom. The number of carbonyl (C=O) groups is 1. The molecule has 0 unspecified atom stereocenters. The van der Waals surface area contributed by atoms with Gasteiger partial charge in [0.2, 0.25) is 0 Å². The first-order valence-corrected chi connectivity index (χ1v) is 10.7. The maximum absolute atomic E-state index is 11.8. The van der Waals surface area contributed by atoms with Crippen molar-refractivity contribution in [1.29, 1.82) is 0 Å². The smallest absolute Gasteiger partial charge is 0.407 e. The first-order chi connectivity index (χ1) is 13.7. The fourth-order valence-electron chi connectivity index (χ4n) is 3.80. The Kier molecular flexibility index (Phi) is 7.10.